The summed E-state index contributed by atoms with van der Waals surface area (Å²) in [5.41, 5.74) is 0. The fourth-order valence-corrected chi connectivity index (χ4v) is 4.23. The van der Waals surface area contributed by atoms with Gasteiger partial charge in [-0.2, -0.15) is 4.31 Å². The molecule has 0 aromatic heterocycles. The van der Waals surface area contributed by atoms with Gasteiger partial charge in [0.1, 0.15) is 10.7 Å². The van der Waals surface area contributed by atoms with Crippen molar-refractivity contribution in [2.45, 2.75) is 17.7 Å². The predicted octanol–water partition coefficient (Wildman–Crippen LogP) is 0.201. The Morgan fingerprint density at radius 3 is 2.48 bits per heavy atom. The van der Waals surface area contributed by atoms with Crippen LogP contribution in [-0.4, -0.2) is 75.9 Å². The average molecular weight is 401 g/mol. The lowest BCUT2D eigenvalue weighted by Crippen LogP contribution is -2.51. The number of rotatable bonds is 8. The monoisotopic (exact) mass is 401 g/mol. The predicted molar refractivity (Wildman–Crippen MR) is 95.9 cm³/mol. The molecule has 0 spiro atoms. The normalized spacial score (nSPS) is 16.1. The van der Waals surface area contributed by atoms with Gasteiger partial charge in [-0.15, -0.1) is 0 Å². The number of esters is 1. The van der Waals surface area contributed by atoms with Crippen molar-refractivity contribution in [2.75, 3.05) is 46.4 Å². The molecular formula is C17H24FN3O5S. The number of carbonyl (C=O) groups is 2. The van der Waals surface area contributed by atoms with Crippen molar-refractivity contribution >= 4 is 21.9 Å². The first-order valence-electron chi connectivity index (χ1n) is 8.65. The molecule has 0 saturated carbocycles. The summed E-state index contributed by atoms with van der Waals surface area (Å²) in [5, 5.41) is 2.71. The van der Waals surface area contributed by atoms with Crippen molar-refractivity contribution in [3.63, 3.8) is 0 Å². The zero-order valence-electron chi connectivity index (χ0n) is 15.2. The molecule has 0 bridgehead atoms. The Morgan fingerprint density at radius 2 is 1.85 bits per heavy atom. The van der Waals surface area contributed by atoms with Crippen LogP contribution in [0.15, 0.2) is 29.2 Å². The van der Waals surface area contributed by atoms with Gasteiger partial charge in [0, 0.05) is 39.1 Å². The van der Waals surface area contributed by atoms with E-state index in [9.17, 15) is 22.4 Å². The van der Waals surface area contributed by atoms with E-state index in [1.807, 2.05) is 4.90 Å². The summed E-state index contributed by atoms with van der Waals surface area (Å²) >= 11 is 0. The standard InChI is InChI=1S/C17H24FN3O5S/c1-26-17(23)7-4-8-19-16(22)13-20-9-11-21(12-10-20)27(24,25)15-6-3-2-5-14(15)18/h2-3,5-6H,4,7-13H2,1H3,(H,19,22). The maximum absolute atomic E-state index is 13.8. The smallest absolute Gasteiger partial charge is 0.305 e. The van der Waals surface area contributed by atoms with Crippen LogP contribution < -0.4 is 5.32 Å². The van der Waals surface area contributed by atoms with Crippen LogP contribution in [0.2, 0.25) is 0 Å². The highest BCUT2D eigenvalue weighted by Crippen LogP contribution is 2.20. The minimum absolute atomic E-state index is 0.145. The Kier molecular flexibility index (Phi) is 7.69. The SMILES string of the molecule is COC(=O)CCCNC(=O)CN1CCN(S(=O)(=O)c2ccccc2F)CC1. The van der Waals surface area contributed by atoms with E-state index >= 15 is 0 Å². The molecule has 10 heteroatoms. The van der Waals surface area contributed by atoms with E-state index in [0.717, 1.165) is 6.07 Å². The number of benzene rings is 1. The van der Waals surface area contributed by atoms with Crippen molar-refractivity contribution in [2.24, 2.45) is 0 Å². The number of hydrogen-bond donors (Lipinski definition) is 1. The number of carbonyl (C=O) groups excluding carboxylic acids is 2. The van der Waals surface area contributed by atoms with Gasteiger partial charge in [-0.1, -0.05) is 12.1 Å². The molecular weight excluding hydrogens is 377 g/mol. The summed E-state index contributed by atoms with van der Waals surface area (Å²) in [4.78, 5) is 24.4. The van der Waals surface area contributed by atoms with Crippen LogP contribution in [0, 0.1) is 5.82 Å². The first-order valence-corrected chi connectivity index (χ1v) is 10.1. The minimum atomic E-state index is -3.89. The molecule has 1 fully saturated rings. The van der Waals surface area contributed by atoms with Gasteiger partial charge < -0.3 is 10.1 Å². The van der Waals surface area contributed by atoms with E-state index < -0.39 is 15.8 Å². The third kappa shape index (κ3) is 5.98. The van der Waals surface area contributed by atoms with Crippen molar-refractivity contribution in [1.29, 1.82) is 0 Å². The maximum Gasteiger partial charge on any atom is 0.305 e. The van der Waals surface area contributed by atoms with Crippen LogP contribution in [0.1, 0.15) is 12.8 Å². The van der Waals surface area contributed by atoms with Crippen LogP contribution in [0.5, 0.6) is 0 Å². The highest BCUT2D eigenvalue weighted by atomic mass is 32.2. The molecule has 1 amide bonds. The Morgan fingerprint density at radius 1 is 1.19 bits per heavy atom. The van der Waals surface area contributed by atoms with Crippen LogP contribution in [0.3, 0.4) is 0 Å². The number of nitrogens with one attached hydrogen (secondary N) is 1. The second-order valence-electron chi connectivity index (χ2n) is 6.14. The van der Waals surface area contributed by atoms with E-state index in [-0.39, 0.29) is 42.8 Å². The number of hydrogen-bond acceptors (Lipinski definition) is 6. The lowest BCUT2D eigenvalue weighted by atomic mass is 10.3. The number of ether oxygens (including phenoxy) is 1. The fraction of sp³-hybridized carbons (Fsp3) is 0.529. The van der Waals surface area contributed by atoms with Gasteiger partial charge in [0.25, 0.3) is 0 Å². The molecule has 0 unspecified atom stereocenters. The van der Waals surface area contributed by atoms with Crippen LogP contribution in [-0.2, 0) is 24.3 Å². The first kappa shape index (κ1) is 21.3. The summed E-state index contributed by atoms with van der Waals surface area (Å²) in [6, 6.07) is 5.29. The largest absolute Gasteiger partial charge is 0.469 e. The molecule has 1 aliphatic heterocycles. The zero-order valence-corrected chi connectivity index (χ0v) is 16.0. The van der Waals surface area contributed by atoms with Crippen molar-refractivity contribution < 1.29 is 27.1 Å². The van der Waals surface area contributed by atoms with Gasteiger partial charge >= 0.3 is 5.97 Å². The fourth-order valence-electron chi connectivity index (χ4n) is 2.74. The molecule has 150 valence electrons. The van der Waals surface area contributed by atoms with Gasteiger partial charge in [0.05, 0.1) is 13.7 Å². The van der Waals surface area contributed by atoms with E-state index in [1.165, 1.54) is 29.6 Å². The van der Waals surface area contributed by atoms with Crippen LogP contribution >= 0.6 is 0 Å². The molecule has 1 aliphatic rings. The summed E-state index contributed by atoms with van der Waals surface area (Å²) in [5.74, 6) is -1.28. The van der Waals surface area contributed by atoms with E-state index in [0.29, 0.717) is 26.1 Å². The van der Waals surface area contributed by atoms with Crippen LogP contribution in [0.4, 0.5) is 4.39 Å². The number of halogens is 1. The molecule has 0 radical (unpaired) electrons. The summed E-state index contributed by atoms with van der Waals surface area (Å²) in [7, 11) is -2.57. The maximum atomic E-state index is 13.8. The lowest BCUT2D eigenvalue weighted by molar-refractivity contribution is -0.140. The van der Waals surface area contributed by atoms with Crippen molar-refractivity contribution in [3.05, 3.63) is 30.1 Å². The number of nitrogens with zero attached hydrogens (tertiary/aromatic N) is 2. The highest BCUT2D eigenvalue weighted by Gasteiger charge is 2.30. The van der Waals surface area contributed by atoms with Gasteiger partial charge in [-0.05, 0) is 18.6 Å². The molecule has 1 saturated heterocycles. The van der Waals surface area contributed by atoms with Gasteiger partial charge in [-0.25, -0.2) is 12.8 Å². The lowest BCUT2D eigenvalue weighted by Gasteiger charge is -2.33. The minimum Gasteiger partial charge on any atom is -0.469 e. The number of sulfonamides is 1. The van der Waals surface area contributed by atoms with E-state index in [1.54, 1.807) is 0 Å². The third-order valence-corrected chi connectivity index (χ3v) is 6.19. The van der Waals surface area contributed by atoms with Gasteiger partial charge in [0.15, 0.2) is 0 Å². The van der Waals surface area contributed by atoms with E-state index in [4.69, 9.17) is 0 Å². The average Bonchev–Trinajstić information content (AvgIpc) is 2.65. The Hall–Kier alpha value is -2.04. The van der Waals surface area contributed by atoms with Crippen LogP contribution in [0.25, 0.3) is 0 Å². The second kappa shape index (κ2) is 9.77. The molecule has 1 aromatic carbocycles. The topological polar surface area (TPSA) is 96.0 Å². The summed E-state index contributed by atoms with van der Waals surface area (Å²) in [6.45, 7) is 1.65. The second-order valence-corrected chi connectivity index (χ2v) is 8.05. The molecule has 0 aliphatic carbocycles. The number of amides is 1. The Balaban J connectivity index is 1.77. The number of piperazine rings is 1. The molecule has 8 nitrogen and oxygen atoms in total. The molecule has 2 rings (SSSR count). The van der Waals surface area contributed by atoms with Crippen molar-refractivity contribution in [3.8, 4) is 0 Å². The van der Waals surface area contributed by atoms with Crippen molar-refractivity contribution in [1.82, 2.24) is 14.5 Å². The Bertz CT molecular complexity index is 764. The molecule has 1 heterocycles. The molecule has 1 aromatic rings. The van der Waals surface area contributed by atoms with Gasteiger partial charge in [0.2, 0.25) is 15.9 Å². The first-order chi connectivity index (χ1) is 12.8. The highest BCUT2D eigenvalue weighted by molar-refractivity contribution is 7.89. The third-order valence-electron chi connectivity index (χ3n) is 4.26. The Labute approximate surface area is 158 Å². The van der Waals surface area contributed by atoms with E-state index in [2.05, 4.69) is 10.1 Å². The molecule has 27 heavy (non-hydrogen) atoms. The van der Waals surface area contributed by atoms with Gasteiger partial charge in [-0.3, -0.25) is 14.5 Å². The number of methoxy groups -OCH3 is 1. The summed E-state index contributed by atoms with van der Waals surface area (Å²) in [6.07, 6.45) is 0.733. The quantitative estimate of drug-likeness (QED) is 0.494. The zero-order chi connectivity index (χ0) is 19.9. The summed E-state index contributed by atoms with van der Waals surface area (Å²) < 4.78 is 44.6. The molecule has 0 atom stereocenters. The molecule has 1 N–H and O–H groups in total.